The minimum atomic E-state index is -0.267. The third kappa shape index (κ3) is 8.01. The summed E-state index contributed by atoms with van der Waals surface area (Å²) in [5.41, 5.74) is 5.15. The summed E-state index contributed by atoms with van der Waals surface area (Å²) < 4.78 is 5.31. The molecule has 1 unspecified atom stereocenters. The molecule has 0 spiro atoms. The highest BCUT2D eigenvalue weighted by molar-refractivity contribution is 5.77. The molecule has 1 atom stereocenters. The van der Waals surface area contributed by atoms with E-state index in [9.17, 15) is 4.79 Å². The van der Waals surface area contributed by atoms with Gasteiger partial charge in [-0.1, -0.05) is 6.92 Å². The summed E-state index contributed by atoms with van der Waals surface area (Å²) >= 11 is 0. The van der Waals surface area contributed by atoms with Gasteiger partial charge in [-0.05, 0) is 33.2 Å². The third-order valence-electron chi connectivity index (χ3n) is 1.69. The van der Waals surface area contributed by atoms with Crippen molar-refractivity contribution in [3.63, 3.8) is 0 Å². The number of amides is 1. The normalized spacial score (nSPS) is 13.8. The lowest BCUT2D eigenvalue weighted by atomic mass is 10.2. The van der Waals surface area contributed by atoms with Gasteiger partial charge in [0.1, 0.15) is 6.61 Å². The average molecular weight is 202 g/mol. The summed E-state index contributed by atoms with van der Waals surface area (Å²) in [7, 11) is 0. The van der Waals surface area contributed by atoms with Gasteiger partial charge in [-0.15, -0.1) is 0 Å². The predicted octanol–water partition coefficient (Wildman–Crippen LogP) is 0.513. The van der Waals surface area contributed by atoms with Crippen LogP contribution < -0.4 is 11.1 Å². The molecule has 4 heteroatoms. The fourth-order valence-corrected chi connectivity index (χ4v) is 0.704. The first-order valence-electron chi connectivity index (χ1n) is 4.96. The molecule has 0 aromatic rings. The topological polar surface area (TPSA) is 64.3 Å². The van der Waals surface area contributed by atoms with Crippen molar-refractivity contribution in [3.8, 4) is 0 Å². The van der Waals surface area contributed by atoms with Crippen LogP contribution in [0.4, 0.5) is 0 Å². The molecular formula is C10H22N2O2. The molecule has 0 aliphatic carbocycles. The van der Waals surface area contributed by atoms with Crippen molar-refractivity contribution in [1.82, 2.24) is 5.32 Å². The highest BCUT2D eigenvalue weighted by Gasteiger charge is 2.12. The number of nitrogens with one attached hydrogen (secondary N) is 1. The first-order valence-corrected chi connectivity index (χ1v) is 4.96. The molecule has 4 nitrogen and oxygen atoms in total. The third-order valence-corrected chi connectivity index (χ3v) is 1.69. The van der Waals surface area contributed by atoms with Gasteiger partial charge in [0.25, 0.3) is 0 Å². The maximum atomic E-state index is 11.2. The van der Waals surface area contributed by atoms with Gasteiger partial charge < -0.3 is 15.8 Å². The Morgan fingerprint density at radius 3 is 2.50 bits per heavy atom. The van der Waals surface area contributed by atoms with Crippen molar-refractivity contribution in [2.45, 2.75) is 33.3 Å². The van der Waals surface area contributed by atoms with E-state index in [0.717, 1.165) is 0 Å². The minimum absolute atomic E-state index is 0.0831. The molecule has 0 radical (unpaired) electrons. The number of ether oxygens (including phenoxy) is 1. The van der Waals surface area contributed by atoms with Crippen molar-refractivity contribution in [2.75, 3.05) is 19.7 Å². The van der Waals surface area contributed by atoms with Crippen molar-refractivity contribution in [2.24, 2.45) is 11.7 Å². The second-order valence-corrected chi connectivity index (χ2v) is 4.55. The van der Waals surface area contributed by atoms with E-state index in [4.69, 9.17) is 10.5 Å². The summed E-state index contributed by atoms with van der Waals surface area (Å²) in [5.74, 6) is 0.230. The molecule has 0 heterocycles. The molecule has 84 valence electrons. The van der Waals surface area contributed by atoms with Gasteiger partial charge in [-0.25, -0.2) is 0 Å². The first kappa shape index (κ1) is 13.4. The average Bonchev–Trinajstić information content (AvgIpc) is 2.09. The molecule has 0 rings (SSSR count). The minimum Gasteiger partial charge on any atom is -0.366 e. The summed E-state index contributed by atoms with van der Waals surface area (Å²) in [4.78, 5) is 11.2. The van der Waals surface area contributed by atoms with E-state index in [2.05, 4.69) is 5.32 Å². The largest absolute Gasteiger partial charge is 0.366 e. The molecule has 14 heavy (non-hydrogen) atoms. The molecular weight excluding hydrogens is 180 g/mol. The predicted molar refractivity (Wildman–Crippen MR) is 56.9 cm³/mol. The summed E-state index contributed by atoms with van der Waals surface area (Å²) in [6.07, 6.45) is 0. The number of carbonyl (C=O) groups excluding carboxylic acids is 1. The molecule has 0 saturated carbocycles. The molecule has 0 saturated heterocycles. The fourth-order valence-electron chi connectivity index (χ4n) is 0.704. The maximum Gasteiger partial charge on any atom is 0.246 e. The standard InChI is InChI=1S/C10H22N2O2/c1-8(5-11)6-12-9(13)7-14-10(2,3)4/h8H,5-7,11H2,1-4H3,(H,12,13). The summed E-state index contributed by atoms with van der Waals surface area (Å²) in [5, 5.41) is 2.76. The smallest absolute Gasteiger partial charge is 0.246 e. The van der Waals surface area contributed by atoms with Crippen LogP contribution in [0.25, 0.3) is 0 Å². The summed E-state index contributed by atoms with van der Waals surface area (Å²) in [6.45, 7) is 9.06. The Balaban J connectivity index is 3.57. The Kier molecular flexibility index (Phi) is 5.72. The lowest BCUT2D eigenvalue weighted by Crippen LogP contribution is -2.35. The Morgan fingerprint density at radius 1 is 1.50 bits per heavy atom. The second kappa shape index (κ2) is 5.98. The maximum absolute atomic E-state index is 11.2. The molecule has 1 amide bonds. The van der Waals surface area contributed by atoms with Crippen LogP contribution in [-0.4, -0.2) is 31.2 Å². The van der Waals surface area contributed by atoms with E-state index in [0.29, 0.717) is 19.0 Å². The van der Waals surface area contributed by atoms with Gasteiger partial charge in [0.05, 0.1) is 5.60 Å². The van der Waals surface area contributed by atoms with Gasteiger partial charge in [0.15, 0.2) is 0 Å². The van der Waals surface area contributed by atoms with Crippen LogP contribution in [-0.2, 0) is 9.53 Å². The number of carbonyl (C=O) groups is 1. The van der Waals surface area contributed by atoms with E-state index in [1.165, 1.54) is 0 Å². The van der Waals surface area contributed by atoms with Gasteiger partial charge in [-0.3, -0.25) is 4.79 Å². The van der Waals surface area contributed by atoms with Crippen LogP contribution >= 0.6 is 0 Å². The van der Waals surface area contributed by atoms with Crippen LogP contribution in [0.1, 0.15) is 27.7 Å². The zero-order valence-corrected chi connectivity index (χ0v) is 9.59. The number of nitrogens with two attached hydrogens (primary N) is 1. The highest BCUT2D eigenvalue weighted by Crippen LogP contribution is 2.05. The molecule has 0 aromatic heterocycles. The van der Waals surface area contributed by atoms with Gasteiger partial charge >= 0.3 is 0 Å². The van der Waals surface area contributed by atoms with Crippen molar-refractivity contribution >= 4 is 5.91 Å². The Bertz CT molecular complexity index is 175. The van der Waals surface area contributed by atoms with E-state index in [1.807, 2.05) is 27.7 Å². The zero-order valence-electron chi connectivity index (χ0n) is 9.59. The summed E-state index contributed by atoms with van der Waals surface area (Å²) in [6, 6.07) is 0. The molecule has 0 aromatic carbocycles. The first-order chi connectivity index (χ1) is 6.35. The molecule has 3 N–H and O–H groups in total. The van der Waals surface area contributed by atoms with Crippen molar-refractivity contribution < 1.29 is 9.53 Å². The monoisotopic (exact) mass is 202 g/mol. The Hall–Kier alpha value is -0.610. The lowest BCUT2D eigenvalue weighted by molar-refractivity contribution is -0.130. The lowest BCUT2D eigenvalue weighted by Gasteiger charge is -2.19. The number of hydrogen-bond donors (Lipinski definition) is 2. The van der Waals surface area contributed by atoms with Crippen molar-refractivity contribution in [1.29, 1.82) is 0 Å². The van der Waals surface area contributed by atoms with Gasteiger partial charge in [-0.2, -0.15) is 0 Å². The van der Waals surface area contributed by atoms with Crippen LogP contribution in [0.5, 0.6) is 0 Å². The van der Waals surface area contributed by atoms with Crippen LogP contribution in [0.3, 0.4) is 0 Å². The Morgan fingerprint density at radius 2 is 2.07 bits per heavy atom. The SMILES string of the molecule is CC(CN)CNC(=O)COC(C)(C)C. The van der Waals surface area contributed by atoms with E-state index in [1.54, 1.807) is 0 Å². The fraction of sp³-hybridized carbons (Fsp3) is 0.900. The molecule has 0 fully saturated rings. The number of rotatable bonds is 5. The van der Waals surface area contributed by atoms with E-state index >= 15 is 0 Å². The highest BCUT2D eigenvalue weighted by atomic mass is 16.5. The Labute approximate surface area is 86.2 Å². The van der Waals surface area contributed by atoms with Gasteiger partial charge in [0, 0.05) is 6.54 Å². The van der Waals surface area contributed by atoms with Crippen molar-refractivity contribution in [3.05, 3.63) is 0 Å². The molecule has 0 bridgehead atoms. The van der Waals surface area contributed by atoms with Gasteiger partial charge in [0.2, 0.25) is 5.91 Å². The zero-order chi connectivity index (χ0) is 11.2. The van der Waals surface area contributed by atoms with Crippen LogP contribution in [0.15, 0.2) is 0 Å². The van der Waals surface area contributed by atoms with Crippen LogP contribution in [0.2, 0.25) is 0 Å². The van der Waals surface area contributed by atoms with Crippen LogP contribution in [0, 0.1) is 5.92 Å². The molecule has 0 aliphatic heterocycles. The quantitative estimate of drug-likeness (QED) is 0.683. The molecule has 0 aliphatic rings. The van der Waals surface area contributed by atoms with E-state index < -0.39 is 0 Å². The number of hydrogen-bond acceptors (Lipinski definition) is 3. The van der Waals surface area contributed by atoms with E-state index in [-0.39, 0.29) is 18.1 Å². The second-order valence-electron chi connectivity index (χ2n) is 4.55.